The van der Waals surface area contributed by atoms with E-state index >= 15 is 0 Å². The number of rotatable bonds is 13. The summed E-state index contributed by atoms with van der Waals surface area (Å²) in [7, 11) is 0. The molecule has 8 aromatic heterocycles. The van der Waals surface area contributed by atoms with Crippen molar-refractivity contribution in [3.05, 3.63) is 467 Å². The van der Waals surface area contributed by atoms with Crippen molar-refractivity contribution in [2.75, 3.05) is 0 Å². The van der Waals surface area contributed by atoms with Crippen LogP contribution < -0.4 is 0 Å². The molecule has 14 heteroatoms. The number of fused-ring (bicyclic) bond motifs is 17. The van der Waals surface area contributed by atoms with Crippen LogP contribution in [0.25, 0.3) is 245 Å². The smallest absolute Gasteiger partial charge is 0.238 e. The van der Waals surface area contributed by atoms with Gasteiger partial charge in [0.15, 0.2) is 40.8 Å². The Morgan fingerprint density at radius 1 is 0.165 bits per heavy atom. The van der Waals surface area contributed by atoms with Gasteiger partial charge in [-0.2, -0.15) is 19.9 Å². The first kappa shape index (κ1) is 82.4. The van der Waals surface area contributed by atoms with Gasteiger partial charge in [0, 0.05) is 121 Å². The van der Waals surface area contributed by atoms with Gasteiger partial charge in [0.2, 0.25) is 11.9 Å². The summed E-state index contributed by atoms with van der Waals surface area (Å²) in [5.74, 6) is 5.70. The fourth-order valence-electron chi connectivity index (χ4n) is 20.2. The van der Waals surface area contributed by atoms with Crippen LogP contribution in [0.4, 0.5) is 0 Å². The molecule has 0 bridgehead atoms. The summed E-state index contributed by atoms with van der Waals surface area (Å²) in [4.78, 5) is 45.0. The number of hydrogen-bond donors (Lipinski definition) is 0. The minimum absolute atomic E-state index is 0.0508. The van der Waals surface area contributed by atoms with Gasteiger partial charge in [-0.3, -0.25) is 9.13 Å². The SMILES string of the molecule is CC(C)(C)n1c2ccccc2c2cc(-c3ccc4c5ccccc5n(-c5cccc(-c6nc(-c7ccccc7)nc(-c7ccccc7)n6)c5)c4c3)ccc21.c1ccc(-c2nc(-c3ccccc3)nc(-n3c4ccccc4c4c(-c5ccc6c(c5)c5ccccc5n6-c5ccccc5)cccc43)n2)cc1.c1ccc(-c2nc(-c3ccccc3)nc(-n3c4ccccc4c4c5ccccc5ccc43)n2)cc1. The molecule has 656 valence electrons. The predicted octanol–water partition coefficient (Wildman–Crippen LogP) is 31.0. The van der Waals surface area contributed by atoms with E-state index in [4.69, 9.17) is 44.9 Å². The molecule has 27 rings (SSSR count). The second-order valence-electron chi connectivity index (χ2n) is 36.0. The van der Waals surface area contributed by atoms with Gasteiger partial charge < -0.3 is 13.7 Å². The Kier molecular flexibility index (Phi) is 20.4. The fourth-order valence-corrected chi connectivity index (χ4v) is 20.2. The van der Waals surface area contributed by atoms with E-state index in [1.165, 1.54) is 87.1 Å². The Morgan fingerprint density at radius 3 is 0.971 bits per heavy atom. The lowest BCUT2D eigenvalue weighted by Crippen LogP contribution is -2.21. The minimum Gasteiger partial charge on any atom is -0.335 e. The van der Waals surface area contributed by atoms with Gasteiger partial charge in [-0.05, 0) is 151 Å². The van der Waals surface area contributed by atoms with E-state index in [9.17, 15) is 0 Å². The first-order chi connectivity index (χ1) is 68.6. The van der Waals surface area contributed by atoms with E-state index in [0.29, 0.717) is 52.7 Å². The zero-order valence-electron chi connectivity index (χ0n) is 76.2. The van der Waals surface area contributed by atoms with E-state index in [1.54, 1.807) is 0 Å². The molecular weight excluding hydrogens is 1700 g/mol. The Hall–Kier alpha value is -18.5. The van der Waals surface area contributed by atoms with Gasteiger partial charge in [-0.1, -0.05) is 370 Å². The average molecular weight is 1780 g/mol. The maximum atomic E-state index is 5.12. The van der Waals surface area contributed by atoms with Crippen LogP contribution in [0.3, 0.4) is 0 Å². The van der Waals surface area contributed by atoms with Crippen LogP contribution in [0.5, 0.6) is 0 Å². The van der Waals surface area contributed by atoms with Gasteiger partial charge >= 0.3 is 0 Å². The zero-order chi connectivity index (χ0) is 92.6. The van der Waals surface area contributed by atoms with Gasteiger partial charge in [0.25, 0.3) is 0 Å². The topological polar surface area (TPSA) is 141 Å². The Balaban J connectivity index is 0.000000113. The van der Waals surface area contributed by atoms with Gasteiger partial charge in [-0.25, -0.2) is 24.9 Å². The van der Waals surface area contributed by atoms with Crippen molar-refractivity contribution >= 4 is 120 Å². The van der Waals surface area contributed by atoms with Crippen molar-refractivity contribution in [2.24, 2.45) is 0 Å². The van der Waals surface area contributed by atoms with Crippen LogP contribution in [0.15, 0.2) is 467 Å². The number of para-hydroxylation sites is 6. The third-order valence-electron chi connectivity index (χ3n) is 26.4. The molecule has 19 aromatic carbocycles. The number of hydrogen-bond acceptors (Lipinski definition) is 9. The quantitative estimate of drug-likeness (QED) is 0.110. The van der Waals surface area contributed by atoms with Crippen molar-refractivity contribution in [3.63, 3.8) is 0 Å². The molecule has 0 atom stereocenters. The van der Waals surface area contributed by atoms with Gasteiger partial charge in [0.05, 0.1) is 44.1 Å². The van der Waals surface area contributed by atoms with Crippen molar-refractivity contribution < 1.29 is 0 Å². The molecule has 8 heterocycles. The molecule has 0 unspecified atom stereocenters. The molecule has 0 amide bonds. The van der Waals surface area contributed by atoms with Crippen LogP contribution in [-0.4, -0.2) is 67.7 Å². The third kappa shape index (κ3) is 14.8. The molecular formula is C125H86N14. The first-order valence-corrected chi connectivity index (χ1v) is 46.9. The van der Waals surface area contributed by atoms with E-state index < -0.39 is 0 Å². The molecule has 0 spiro atoms. The molecule has 0 aliphatic carbocycles. The number of nitrogens with zero attached hydrogens (tertiary/aromatic N) is 14. The minimum atomic E-state index is -0.0508. The fraction of sp³-hybridized carbons (Fsp3) is 0.0320. The molecule has 0 radical (unpaired) electrons. The summed E-state index contributed by atoms with van der Waals surface area (Å²) in [6.45, 7) is 6.83. The maximum absolute atomic E-state index is 5.12. The first-order valence-electron chi connectivity index (χ1n) is 46.9. The number of benzene rings is 19. The van der Waals surface area contributed by atoms with Gasteiger partial charge in [0.1, 0.15) is 0 Å². The summed E-state index contributed by atoms with van der Waals surface area (Å²) in [5, 5.41) is 14.6. The molecule has 139 heavy (non-hydrogen) atoms. The molecule has 0 N–H and O–H groups in total. The molecule has 0 aliphatic rings. The second-order valence-corrected chi connectivity index (χ2v) is 36.0. The van der Waals surface area contributed by atoms with Crippen LogP contribution in [0, 0.1) is 0 Å². The molecule has 27 aromatic rings. The average Bonchev–Trinajstić information content (AvgIpc) is 1.58. The van der Waals surface area contributed by atoms with E-state index in [1.807, 2.05) is 182 Å². The van der Waals surface area contributed by atoms with Crippen LogP contribution in [0.1, 0.15) is 20.8 Å². The van der Waals surface area contributed by atoms with Crippen molar-refractivity contribution in [3.8, 4) is 125 Å². The summed E-state index contributed by atoms with van der Waals surface area (Å²) in [5.41, 5.74) is 24.9. The number of aromatic nitrogens is 14. The largest absolute Gasteiger partial charge is 0.335 e. The third-order valence-corrected chi connectivity index (χ3v) is 26.4. The lowest BCUT2D eigenvalue weighted by Gasteiger charge is -2.24. The molecule has 0 fully saturated rings. The van der Waals surface area contributed by atoms with Crippen LogP contribution >= 0.6 is 0 Å². The highest BCUT2D eigenvalue weighted by atomic mass is 15.2. The molecule has 0 saturated heterocycles. The summed E-state index contributed by atoms with van der Waals surface area (Å²) in [6.07, 6.45) is 0. The predicted molar refractivity (Wildman–Crippen MR) is 571 cm³/mol. The second kappa shape index (κ2) is 34.5. The lowest BCUT2D eigenvalue weighted by atomic mass is 9.98. The highest BCUT2D eigenvalue weighted by molar-refractivity contribution is 6.22. The van der Waals surface area contributed by atoms with Gasteiger partial charge in [-0.15, -0.1) is 0 Å². The highest BCUT2D eigenvalue weighted by Crippen LogP contribution is 2.46. The van der Waals surface area contributed by atoms with Crippen LogP contribution in [-0.2, 0) is 5.54 Å². The van der Waals surface area contributed by atoms with E-state index in [0.717, 1.165) is 105 Å². The van der Waals surface area contributed by atoms with Crippen LogP contribution in [0.2, 0.25) is 0 Å². The van der Waals surface area contributed by atoms with E-state index in [-0.39, 0.29) is 5.54 Å². The Morgan fingerprint density at radius 2 is 0.468 bits per heavy atom. The van der Waals surface area contributed by atoms with Crippen molar-refractivity contribution in [1.29, 1.82) is 0 Å². The standard InChI is InChI=1S/C49H37N5.C45H29N5.C31H20N4/c1-49(2,3)54-43-24-13-11-22-39(43)41-30-34(26-28-44(41)54)35-25-27-40-38-21-10-12-23-42(38)53(45(40)31-35)37-20-14-19-36(29-37)48-51-46(32-15-6-4-7-16-32)50-47(52-48)33-17-8-5-9-18-33;1-4-15-30(16-5-1)43-46-44(31-17-6-2-7-18-31)48-45(47-43)50-39-25-13-11-22-36(39)42-34(23-14-26-41(42)50)32-27-28-40-37(29-32)35-21-10-12-24-38(35)49(40)33-19-8-3-9-20-33;1-3-12-22(13-4-1)29-32-30(23-14-5-2-6-15-23)34-31(33-29)35-26-18-10-9-17-25(26)28-24-16-8-7-11-21(24)19-20-27(28)35/h4-31H,1-3H3;1-29H;1-20H. The molecule has 14 nitrogen and oxygen atoms in total. The van der Waals surface area contributed by atoms with E-state index in [2.05, 4.69) is 329 Å². The highest BCUT2D eigenvalue weighted by Gasteiger charge is 2.27. The lowest BCUT2D eigenvalue weighted by molar-refractivity contribution is 0.423. The van der Waals surface area contributed by atoms with Crippen molar-refractivity contribution in [1.82, 2.24) is 67.7 Å². The van der Waals surface area contributed by atoms with Crippen molar-refractivity contribution in [2.45, 2.75) is 26.3 Å². The normalized spacial score (nSPS) is 11.7. The molecule has 0 saturated carbocycles. The maximum Gasteiger partial charge on any atom is 0.238 e. The zero-order valence-corrected chi connectivity index (χ0v) is 76.2. The summed E-state index contributed by atoms with van der Waals surface area (Å²) >= 11 is 0. The Bertz CT molecular complexity index is 9240. The summed E-state index contributed by atoms with van der Waals surface area (Å²) < 4.78 is 11.6. The summed E-state index contributed by atoms with van der Waals surface area (Å²) in [6, 6.07) is 163. The molecule has 0 aliphatic heterocycles. The monoisotopic (exact) mass is 1780 g/mol. The Labute approximate surface area is 800 Å².